The van der Waals surface area contributed by atoms with Crippen molar-refractivity contribution in [1.29, 1.82) is 0 Å². The minimum Gasteiger partial charge on any atom is -0.469 e. The van der Waals surface area contributed by atoms with Crippen molar-refractivity contribution in [2.24, 2.45) is 0 Å². The number of carbonyl (C=O) groups is 1. The Labute approximate surface area is 135 Å². The van der Waals surface area contributed by atoms with Crippen molar-refractivity contribution >= 4 is 17.2 Å². The lowest BCUT2D eigenvalue weighted by Gasteiger charge is -2.34. The third kappa shape index (κ3) is 3.25. The second-order valence-electron chi connectivity index (χ2n) is 6.00. The average Bonchev–Trinajstić information content (AvgIpc) is 3.19. The number of nitrogens with zero attached hydrogens (tertiary/aromatic N) is 4. The summed E-state index contributed by atoms with van der Waals surface area (Å²) < 4.78 is 5.40. The van der Waals surface area contributed by atoms with Gasteiger partial charge < -0.3 is 9.64 Å². The van der Waals surface area contributed by atoms with Gasteiger partial charge in [0.15, 0.2) is 0 Å². The van der Waals surface area contributed by atoms with Crippen LogP contribution in [0.25, 0.3) is 0 Å². The van der Waals surface area contributed by atoms with Crippen LogP contribution in [0.5, 0.6) is 5.19 Å². The zero-order valence-corrected chi connectivity index (χ0v) is 14.1. The quantitative estimate of drug-likeness (QED) is 0.828. The van der Waals surface area contributed by atoms with Gasteiger partial charge in [0.2, 0.25) is 5.91 Å². The van der Waals surface area contributed by atoms with E-state index in [1.807, 2.05) is 6.92 Å². The number of ether oxygens (including phenoxy) is 1. The van der Waals surface area contributed by atoms with Crippen LogP contribution in [0.1, 0.15) is 44.5 Å². The van der Waals surface area contributed by atoms with Crippen molar-refractivity contribution < 1.29 is 9.53 Å². The van der Waals surface area contributed by atoms with Crippen LogP contribution in [-0.4, -0.2) is 57.7 Å². The van der Waals surface area contributed by atoms with Gasteiger partial charge in [-0.2, -0.15) is 0 Å². The Bertz CT molecular complexity index is 521. The van der Waals surface area contributed by atoms with Crippen LogP contribution < -0.4 is 4.74 Å². The number of carbonyl (C=O) groups excluding carboxylic acids is 1. The van der Waals surface area contributed by atoms with Crippen molar-refractivity contribution in [2.75, 3.05) is 19.7 Å². The van der Waals surface area contributed by atoms with Crippen LogP contribution in [0.2, 0.25) is 0 Å². The first-order valence-electron chi connectivity index (χ1n) is 8.15. The van der Waals surface area contributed by atoms with Gasteiger partial charge in [-0.3, -0.25) is 9.69 Å². The van der Waals surface area contributed by atoms with Gasteiger partial charge >= 0.3 is 0 Å². The van der Waals surface area contributed by atoms with Gasteiger partial charge in [0.25, 0.3) is 5.19 Å². The number of rotatable bonds is 5. The fourth-order valence-electron chi connectivity index (χ4n) is 3.73. The van der Waals surface area contributed by atoms with Crippen LogP contribution in [0.3, 0.4) is 0 Å². The molecule has 0 aliphatic carbocycles. The van der Waals surface area contributed by atoms with Crippen molar-refractivity contribution in [3.8, 4) is 5.19 Å². The Hall–Kier alpha value is -1.21. The molecule has 2 atom stereocenters. The third-order valence-corrected chi connectivity index (χ3v) is 5.44. The van der Waals surface area contributed by atoms with Gasteiger partial charge in [0, 0.05) is 25.6 Å². The third-order valence-electron chi connectivity index (χ3n) is 4.62. The van der Waals surface area contributed by atoms with Gasteiger partial charge in [-0.05, 0) is 39.2 Å². The Kier molecular flexibility index (Phi) is 4.93. The summed E-state index contributed by atoms with van der Waals surface area (Å²) >= 11 is 1.53. The zero-order valence-electron chi connectivity index (χ0n) is 13.3. The topological polar surface area (TPSA) is 58.6 Å². The van der Waals surface area contributed by atoms with Crippen molar-refractivity contribution in [2.45, 2.75) is 58.2 Å². The van der Waals surface area contributed by atoms with Crippen LogP contribution in [-0.2, 0) is 11.3 Å². The number of likely N-dealkylation sites (tertiary alicyclic amines) is 2. The number of hydrogen-bond acceptors (Lipinski definition) is 6. The molecular formula is C15H24N4O2S. The highest BCUT2D eigenvalue weighted by molar-refractivity contribution is 7.13. The average molecular weight is 324 g/mol. The zero-order chi connectivity index (χ0) is 15.5. The number of amides is 1. The van der Waals surface area contributed by atoms with Crippen molar-refractivity contribution in [3.63, 3.8) is 0 Å². The first-order valence-corrected chi connectivity index (χ1v) is 8.97. The molecule has 7 heteroatoms. The van der Waals surface area contributed by atoms with E-state index >= 15 is 0 Å². The summed E-state index contributed by atoms with van der Waals surface area (Å²) in [5.41, 5.74) is 0. The van der Waals surface area contributed by atoms with Gasteiger partial charge in [-0.1, -0.05) is 11.3 Å². The molecule has 3 heterocycles. The van der Waals surface area contributed by atoms with Crippen LogP contribution >= 0.6 is 11.3 Å². The fraction of sp³-hybridized carbons (Fsp3) is 0.800. The van der Waals surface area contributed by atoms with E-state index in [1.54, 1.807) is 6.92 Å². The lowest BCUT2D eigenvalue weighted by molar-refractivity contribution is -0.130. The van der Waals surface area contributed by atoms with Crippen molar-refractivity contribution in [3.05, 3.63) is 5.01 Å². The maximum absolute atomic E-state index is 11.8. The minimum atomic E-state index is 0.212. The SMILES string of the molecule is CCOc1nnc(CN2CCC[C@H]2[C@@H]2CCCN2C(C)=O)s1. The molecule has 3 rings (SSSR count). The highest BCUT2D eigenvalue weighted by atomic mass is 32.1. The molecule has 0 bridgehead atoms. The second-order valence-corrected chi connectivity index (χ2v) is 7.02. The van der Waals surface area contributed by atoms with Crippen LogP contribution in [0.15, 0.2) is 0 Å². The maximum Gasteiger partial charge on any atom is 0.294 e. The summed E-state index contributed by atoms with van der Waals surface area (Å²) in [6, 6.07) is 0.838. The summed E-state index contributed by atoms with van der Waals surface area (Å²) in [4.78, 5) is 16.4. The van der Waals surface area contributed by atoms with Gasteiger partial charge in [0.1, 0.15) is 5.01 Å². The molecular weight excluding hydrogens is 300 g/mol. The molecule has 1 aromatic rings. The molecule has 2 aliphatic heterocycles. The predicted octanol–water partition coefficient (Wildman–Crippen LogP) is 1.91. The monoisotopic (exact) mass is 324 g/mol. The molecule has 2 saturated heterocycles. The van der Waals surface area contributed by atoms with E-state index < -0.39 is 0 Å². The molecule has 22 heavy (non-hydrogen) atoms. The largest absolute Gasteiger partial charge is 0.469 e. The highest BCUT2D eigenvalue weighted by Gasteiger charge is 2.38. The Morgan fingerprint density at radius 1 is 1.27 bits per heavy atom. The van der Waals surface area contributed by atoms with Gasteiger partial charge in [-0.25, -0.2) is 0 Å². The van der Waals surface area contributed by atoms with E-state index in [1.165, 1.54) is 24.2 Å². The summed E-state index contributed by atoms with van der Waals surface area (Å²) in [5.74, 6) is 0.212. The van der Waals surface area contributed by atoms with Gasteiger partial charge in [0.05, 0.1) is 13.2 Å². The lowest BCUT2D eigenvalue weighted by atomic mass is 10.0. The molecule has 0 saturated carbocycles. The molecule has 0 unspecified atom stereocenters. The highest BCUT2D eigenvalue weighted by Crippen LogP contribution is 2.32. The molecule has 0 N–H and O–H groups in total. The fourth-order valence-corrected chi connectivity index (χ4v) is 4.50. The lowest BCUT2D eigenvalue weighted by Crippen LogP contribution is -2.47. The standard InChI is InChI=1S/C15H24N4O2S/c1-3-21-15-17-16-14(22-15)10-18-8-4-6-12(18)13-7-5-9-19(13)11(2)20/h12-13H,3-10H2,1-2H3/t12-,13-/m0/s1. The smallest absolute Gasteiger partial charge is 0.294 e. The Morgan fingerprint density at radius 3 is 2.82 bits per heavy atom. The van der Waals surface area contributed by atoms with Crippen LogP contribution in [0.4, 0.5) is 0 Å². The van der Waals surface area contributed by atoms with E-state index in [9.17, 15) is 4.79 Å². The molecule has 1 aromatic heterocycles. The molecule has 2 aliphatic rings. The van der Waals surface area contributed by atoms with E-state index in [0.717, 1.165) is 37.5 Å². The first-order chi connectivity index (χ1) is 10.7. The molecule has 0 aromatic carbocycles. The van der Waals surface area contributed by atoms with Gasteiger partial charge in [-0.15, -0.1) is 10.2 Å². The molecule has 122 valence electrons. The summed E-state index contributed by atoms with van der Waals surface area (Å²) in [7, 11) is 0. The van der Waals surface area contributed by atoms with E-state index in [-0.39, 0.29) is 5.91 Å². The summed E-state index contributed by atoms with van der Waals surface area (Å²) in [5, 5.41) is 9.96. The predicted molar refractivity (Wildman–Crippen MR) is 84.9 cm³/mol. The Morgan fingerprint density at radius 2 is 2.05 bits per heavy atom. The molecule has 2 fully saturated rings. The summed E-state index contributed by atoms with van der Waals surface area (Å²) in [6.45, 7) is 7.08. The maximum atomic E-state index is 11.8. The van der Waals surface area contributed by atoms with E-state index in [4.69, 9.17) is 4.74 Å². The molecule has 0 spiro atoms. The van der Waals surface area contributed by atoms with E-state index in [2.05, 4.69) is 20.0 Å². The Balaban J connectivity index is 1.66. The molecule has 0 radical (unpaired) electrons. The summed E-state index contributed by atoms with van der Waals surface area (Å²) in [6.07, 6.45) is 4.62. The normalized spacial score (nSPS) is 25.8. The molecule has 1 amide bonds. The number of hydrogen-bond donors (Lipinski definition) is 0. The van der Waals surface area contributed by atoms with Crippen LogP contribution in [0, 0.1) is 0 Å². The van der Waals surface area contributed by atoms with Crippen molar-refractivity contribution in [1.82, 2.24) is 20.0 Å². The minimum absolute atomic E-state index is 0.212. The second kappa shape index (κ2) is 6.91. The number of aromatic nitrogens is 2. The molecule has 6 nitrogen and oxygen atoms in total. The van der Waals surface area contributed by atoms with E-state index in [0.29, 0.717) is 23.9 Å². The first kappa shape index (κ1) is 15.7.